The Kier molecular flexibility index (Phi) is 5.24. The third kappa shape index (κ3) is 3.43. The minimum absolute atomic E-state index is 0.553. The second-order valence-electron chi connectivity index (χ2n) is 6.14. The average molecular weight is 273 g/mol. The fraction of sp³-hybridized carbons (Fsp3) is 0.556. The topological polar surface area (TPSA) is 25.2 Å². The summed E-state index contributed by atoms with van der Waals surface area (Å²) in [6.45, 7) is 11.1. The van der Waals surface area contributed by atoms with Gasteiger partial charge in [-0.15, -0.1) is 0 Å². The number of nitrogens with one attached hydrogen (secondary N) is 1. The van der Waals surface area contributed by atoms with Crippen molar-refractivity contribution in [1.29, 1.82) is 0 Å². The largest absolute Gasteiger partial charge is 0.464 e. The number of furan rings is 1. The molecule has 0 aliphatic carbocycles. The lowest BCUT2D eigenvalue weighted by atomic mass is 9.96. The lowest BCUT2D eigenvalue weighted by Crippen LogP contribution is -2.21. The van der Waals surface area contributed by atoms with Crippen molar-refractivity contribution in [1.82, 2.24) is 5.32 Å². The molecule has 0 radical (unpaired) electrons. The third-order valence-corrected chi connectivity index (χ3v) is 3.98. The van der Waals surface area contributed by atoms with Crippen molar-refractivity contribution < 1.29 is 4.42 Å². The van der Waals surface area contributed by atoms with Crippen molar-refractivity contribution in [3.8, 4) is 0 Å². The molecule has 0 amide bonds. The van der Waals surface area contributed by atoms with Crippen LogP contribution in [0.2, 0.25) is 0 Å². The van der Waals surface area contributed by atoms with E-state index in [1.54, 1.807) is 0 Å². The molecule has 1 heterocycles. The molecule has 0 bridgehead atoms. The zero-order chi connectivity index (χ0) is 14.5. The van der Waals surface area contributed by atoms with E-state index in [1.165, 1.54) is 16.5 Å². The molecule has 1 aromatic carbocycles. The summed E-state index contributed by atoms with van der Waals surface area (Å²) in [6.07, 6.45) is 4.11. The van der Waals surface area contributed by atoms with Crippen LogP contribution in [0.5, 0.6) is 0 Å². The third-order valence-electron chi connectivity index (χ3n) is 3.98. The molecule has 0 saturated carbocycles. The molecular weight excluding hydrogens is 246 g/mol. The van der Waals surface area contributed by atoms with Crippen LogP contribution in [0.1, 0.15) is 51.2 Å². The van der Waals surface area contributed by atoms with Crippen molar-refractivity contribution in [2.45, 2.75) is 46.5 Å². The van der Waals surface area contributed by atoms with Crippen molar-refractivity contribution >= 4 is 11.0 Å². The van der Waals surface area contributed by atoms with Gasteiger partial charge in [-0.1, -0.05) is 45.9 Å². The molecule has 110 valence electrons. The molecule has 1 aromatic heterocycles. The molecule has 2 nitrogen and oxygen atoms in total. The van der Waals surface area contributed by atoms with E-state index in [2.05, 4.69) is 51.2 Å². The van der Waals surface area contributed by atoms with Crippen molar-refractivity contribution in [2.24, 2.45) is 5.92 Å². The molecule has 0 spiro atoms. The van der Waals surface area contributed by atoms with Gasteiger partial charge in [-0.05, 0) is 48.9 Å². The van der Waals surface area contributed by atoms with Crippen LogP contribution in [0, 0.1) is 5.92 Å². The SMILES string of the molecule is CCC(C)c1cccc2c(CCNCC(C)C)coc12. The highest BCUT2D eigenvalue weighted by Gasteiger charge is 2.13. The van der Waals surface area contributed by atoms with E-state index in [9.17, 15) is 0 Å². The molecule has 2 aromatic rings. The van der Waals surface area contributed by atoms with Gasteiger partial charge in [0, 0.05) is 5.39 Å². The molecule has 0 saturated heterocycles. The summed E-state index contributed by atoms with van der Waals surface area (Å²) in [7, 11) is 0. The van der Waals surface area contributed by atoms with Gasteiger partial charge in [0.1, 0.15) is 5.58 Å². The number of hydrogen-bond acceptors (Lipinski definition) is 2. The van der Waals surface area contributed by atoms with E-state index in [0.717, 1.165) is 31.5 Å². The van der Waals surface area contributed by atoms with Gasteiger partial charge in [-0.2, -0.15) is 0 Å². The maximum atomic E-state index is 5.85. The fourth-order valence-corrected chi connectivity index (χ4v) is 2.55. The molecule has 2 rings (SSSR count). The highest BCUT2D eigenvalue weighted by Crippen LogP contribution is 2.30. The minimum Gasteiger partial charge on any atom is -0.464 e. The van der Waals surface area contributed by atoms with Crippen LogP contribution in [-0.4, -0.2) is 13.1 Å². The second kappa shape index (κ2) is 6.94. The Morgan fingerprint density at radius 3 is 2.70 bits per heavy atom. The van der Waals surface area contributed by atoms with Crippen molar-refractivity contribution in [3.05, 3.63) is 35.6 Å². The summed E-state index contributed by atoms with van der Waals surface area (Å²) in [5, 5.41) is 4.78. The van der Waals surface area contributed by atoms with E-state index < -0.39 is 0 Å². The molecule has 1 N–H and O–H groups in total. The number of benzene rings is 1. The molecule has 2 heteroatoms. The second-order valence-corrected chi connectivity index (χ2v) is 6.14. The van der Waals surface area contributed by atoms with Crippen molar-refractivity contribution in [2.75, 3.05) is 13.1 Å². The Morgan fingerprint density at radius 2 is 2.00 bits per heavy atom. The first kappa shape index (κ1) is 15.1. The first-order chi connectivity index (χ1) is 9.63. The zero-order valence-corrected chi connectivity index (χ0v) is 13.2. The van der Waals surface area contributed by atoms with E-state index in [4.69, 9.17) is 4.42 Å². The Bertz CT molecular complexity index is 541. The quantitative estimate of drug-likeness (QED) is 0.737. The Morgan fingerprint density at radius 1 is 1.20 bits per heavy atom. The van der Waals surface area contributed by atoms with E-state index in [0.29, 0.717) is 11.8 Å². The standard InChI is InChI=1S/C18H27NO/c1-5-14(4)16-7-6-8-17-15(12-20-18(16)17)9-10-19-11-13(2)3/h6-8,12-14,19H,5,9-11H2,1-4H3. The highest BCUT2D eigenvalue weighted by molar-refractivity contribution is 5.84. The van der Waals surface area contributed by atoms with Crippen LogP contribution < -0.4 is 5.32 Å². The van der Waals surface area contributed by atoms with Gasteiger partial charge >= 0.3 is 0 Å². The smallest absolute Gasteiger partial charge is 0.137 e. The van der Waals surface area contributed by atoms with Gasteiger partial charge < -0.3 is 9.73 Å². The summed E-state index contributed by atoms with van der Waals surface area (Å²) in [6, 6.07) is 6.54. The lowest BCUT2D eigenvalue weighted by molar-refractivity contribution is 0.551. The number of para-hydroxylation sites is 1. The van der Waals surface area contributed by atoms with Gasteiger partial charge in [0.2, 0.25) is 0 Å². The van der Waals surface area contributed by atoms with Crippen LogP contribution in [0.25, 0.3) is 11.0 Å². The lowest BCUT2D eigenvalue weighted by Gasteiger charge is -2.09. The number of hydrogen-bond donors (Lipinski definition) is 1. The molecule has 1 unspecified atom stereocenters. The Hall–Kier alpha value is -1.28. The van der Waals surface area contributed by atoms with E-state index in [1.807, 2.05) is 6.26 Å². The Labute approximate surface area is 122 Å². The summed E-state index contributed by atoms with van der Waals surface area (Å²) >= 11 is 0. The number of fused-ring (bicyclic) bond motifs is 1. The molecule has 20 heavy (non-hydrogen) atoms. The van der Waals surface area contributed by atoms with Gasteiger partial charge in [0.25, 0.3) is 0 Å². The van der Waals surface area contributed by atoms with Crippen LogP contribution in [0.3, 0.4) is 0 Å². The van der Waals surface area contributed by atoms with Crippen LogP contribution in [-0.2, 0) is 6.42 Å². The summed E-state index contributed by atoms with van der Waals surface area (Å²) in [5.41, 5.74) is 3.74. The van der Waals surface area contributed by atoms with Crippen LogP contribution >= 0.6 is 0 Å². The summed E-state index contributed by atoms with van der Waals surface area (Å²) in [5.74, 6) is 1.25. The molecule has 0 aliphatic rings. The maximum absolute atomic E-state index is 5.85. The van der Waals surface area contributed by atoms with Crippen LogP contribution in [0.15, 0.2) is 28.9 Å². The van der Waals surface area contributed by atoms with Gasteiger partial charge in [-0.3, -0.25) is 0 Å². The van der Waals surface area contributed by atoms with E-state index in [-0.39, 0.29) is 0 Å². The molecular formula is C18H27NO. The van der Waals surface area contributed by atoms with Gasteiger partial charge in [0.05, 0.1) is 6.26 Å². The maximum Gasteiger partial charge on any atom is 0.137 e. The molecule has 0 fully saturated rings. The van der Waals surface area contributed by atoms with E-state index >= 15 is 0 Å². The number of rotatable bonds is 7. The normalized spacial score (nSPS) is 13.2. The highest BCUT2D eigenvalue weighted by atomic mass is 16.3. The zero-order valence-electron chi connectivity index (χ0n) is 13.2. The van der Waals surface area contributed by atoms with Crippen molar-refractivity contribution in [3.63, 3.8) is 0 Å². The minimum atomic E-state index is 0.553. The predicted octanol–water partition coefficient (Wildman–Crippen LogP) is 4.73. The first-order valence-electron chi connectivity index (χ1n) is 7.83. The molecule has 1 atom stereocenters. The summed E-state index contributed by atoms with van der Waals surface area (Å²) in [4.78, 5) is 0. The first-order valence-corrected chi connectivity index (χ1v) is 7.83. The van der Waals surface area contributed by atoms with Crippen LogP contribution in [0.4, 0.5) is 0 Å². The molecule has 0 aliphatic heterocycles. The van der Waals surface area contributed by atoms with Gasteiger partial charge in [-0.25, -0.2) is 0 Å². The summed E-state index contributed by atoms with van der Waals surface area (Å²) < 4.78 is 5.85. The Balaban J connectivity index is 2.12. The fourth-order valence-electron chi connectivity index (χ4n) is 2.55. The average Bonchev–Trinajstić information content (AvgIpc) is 2.85. The van der Waals surface area contributed by atoms with Gasteiger partial charge in [0.15, 0.2) is 0 Å². The predicted molar refractivity (Wildman–Crippen MR) is 86.3 cm³/mol. The monoisotopic (exact) mass is 273 g/mol.